The van der Waals surface area contributed by atoms with Crippen molar-refractivity contribution >= 4 is 29.6 Å². The van der Waals surface area contributed by atoms with Crippen LogP contribution in [0.2, 0.25) is 0 Å². The largest absolute Gasteiger partial charge is 0.444 e. The van der Waals surface area contributed by atoms with Crippen molar-refractivity contribution in [3.8, 4) is 0 Å². The van der Waals surface area contributed by atoms with Gasteiger partial charge in [0.1, 0.15) is 16.9 Å². The summed E-state index contributed by atoms with van der Waals surface area (Å²) in [6.07, 6.45) is 1.51. The number of nitrogens with one attached hydrogen (secondary N) is 2. The van der Waals surface area contributed by atoms with Crippen LogP contribution >= 0.6 is 0 Å². The van der Waals surface area contributed by atoms with Gasteiger partial charge in [0.2, 0.25) is 0 Å². The molecule has 0 spiro atoms. The average molecular weight is 456 g/mol. The van der Waals surface area contributed by atoms with Crippen molar-refractivity contribution in [1.82, 2.24) is 14.9 Å². The van der Waals surface area contributed by atoms with E-state index in [0.717, 1.165) is 11.1 Å². The maximum atomic E-state index is 12.6. The standard InChI is InChI=1S/C23H29N5O5/c1-22(2,3)32-20(30)27-18-11-24-17(10-25-18)19(29)26-16-8-7-14-12-28(13-15(14)9-16)21(31)33-23(4,5)6/h7-11H,12-13H2,1-6H3,(H,26,29)(H,25,27,30). The summed E-state index contributed by atoms with van der Waals surface area (Å²) in [5, 5.41) is 5.23. The van der Waals surface area contributed by atoms with Gasteiger partial charge in [0.25, 0.3) is 5.91 Å². The number of anilines is 2. The molecule has 0 radical (unpaired) electrons. The third-order valence-corrected chi connectivity index (χ3v) is 4.35. The molecule has 1 aromatic carbocycles. The van der Waals surface area contributed by atoms with Crippen LogP contribution in [0, 0.1) is 0 Å². The van der Waals surface area contributed by atoms with Gasteiger partial charge in [0, 0.05) is 18.8 Å². The molecule has 0 bridgehead atoms. The molecule has 3 amide bonds. The Balaban J connectivity index is 1.59. The van der Waals surface area contributed by atoms with Gasteiger partial charge in [-0.1, -0.05) is 6.07 Å². The molecule has 33 heavy (non-hydrogen) atoms. The summed E-state index contributed by atoms with van der Waals surface area (Å²) in [5.41, 5.74) is 1.38. The lowest BCUT2D eigenvalue weighted by atomic mass is 10.1. The first-order valence-electron chi connectivity index (χ1n) is 10.5. The fraction of sp³-hybridized carbons (Fsp3) is 0.435. The Kier molecular flexibility index (Phi) is 6.57. The smallest absolute Gasteiger partial charge is 0.413 e. The minimum absolute atomic E-state index is 0.0839. The predicted octanol–water partition coefficient (Wildman–Crippen LogP) is 4.33. The lowest BCUT2D eigenvalue weighted by Gasteiger charge is -2.24. The topological polar surface area (TPSA) is 123 Å². The molecule has 0 unspecified atom stereocenters. The minimum Gasteiger partial charge on any atom is -0.444 e. The van der Waals surface area contributed by atoms with Gasteiger partial charge >= 0.3 is 12.2 Å². The molecule has 2 heterocycles. The second-order valence-corrected chi connectivity index (χ2v) is 9.69. The fourth-order valence-electron chi connectivity index (χ4n) is 3.04. The molecular formula is C23H29N5O5. The number of amides is 3. The van der Waals surface area contributed by atoms with Crippen LogP contribution in [-0.4, -0.2) is 44.2 Å². The molecule has 0 aliphatic carbocycles. The van der Waals surface area contributed by atoms with E-state index >= 15 is 0 Å². The van der Waals surface area contributed by atoms with Gasteiger partial charge in [-0.25, -0.2) is 19.6 Å². The quantitative estimate of drug-likeness (QED) is 0.706. The number of carbonyl (C=O) groups is 3. The van der Waals surface area contributed by atoms with Gasteiger partial charge in [0.15, 0.2) is 5.82 Å². The maximum absolute atomic E-state index is 12.6. The van der Waals surface area contributed by atoms with Crippen LogP contribution in [0.15, 0.2) is 30.6 Å². The second kappa shape index (κ2) is 9.05. The van der Waals surface area contributed by atoms with Gasteiger partial charge < -0.3 is 14.8 Å². The highest BCUT2D eigenvalue weighted by Gasteiger charge is 2.28. The first kappa shape index (κ1) is 24.0. The third kappa shape index (κ3) is 6.90. The Bertz CT molecular complexity index is 1050. The number of carbonyl (C=O) groups excluding carboxylic acids is 3. The number of hydrogen-bond donors (Lipinski definition) is 2. The molecule has 1 aliphatic rings. The number of benzene rings is 1. The normalized spacial score (nSPS) is 13.2. The molecule has 10 nitrogen and oxygen atoms in total. The number of rotatable bonds is 3. The van der Waals surface area contributed by atoms with Crippen LogP contribution in [0.3, 0.4) is 0 Å². The van der Waals surface area contributed by atoms with E-state index in [0.29, 0.717) is 18.8 Å². The van der Waals surface area contributed by atoms with E-state index in [1.54, 1.807) is 31.7 Å². The van der Waals surface area contributed by atoms with Gasteiger partial charge in [-0.05, 0) is 64.8 Å². The van der Waals surface area contributed by atoms with Gasteiger partial charge in [-0.3, -0.25) is 15.0 Å². The van der Waals surface area contributed by atoms with Crippen molar-refractivity contribution in [1.29, 1.82) is 0 Å². The Morgan fingerprint density at radius 1 is 0.879 bits per heavy atom. The summed E-state index contributed by atoms with van der Waals surface area (Å²) in [6.45, 7) is 11.6. The zero-order chi connectivity index (χ0) is 24.4. The highest BCUT2D eigenvalue weighted by Crippen LogP contribution is 2.27. The van der Waals surface area contributed by atoms with Gasteiger partial charge in [0.05, 0.1) is 12.4 Å². The van der Waals surface area contributed by atoms with E-state index in [1.807, 2.05) is 32.9 Å². The monoisotopic (exact) mass is 455 g/mol. The van der Waals surface area contributed by atoms with Crippen molar-refractivity contribution in [2.75, 3.05) is 10.6 Å². The summed E-state index contributed by atoms with van der Waals surface area (Å²) < 4.78 is 10.6. The first-order chi connectivity index (χ1) is 15.3. The molecule has 0 saturated heterocycles. The number of hydrogen-bond acceptors (Lipinski definition) is 7. The van der Waals surface area contributed by atoms with Crippen molar-refractivity contribution in [2.45, 2.75) is 65.8 Å². The molecule has 2 N–H and O–H groups in total. The van der Waals surface area contributed by atoms with Crippen molar-refractivity contribution in [3.63, 3.8) is 0 Å². The molecule has 1 aliphatic heterocycles. The molecule has 1 aromatic heterocycles. The second-order valence-electron chi connectivity index (χ2n) is 9.69. The number of nitrogens with zero attached hydrogens (tertiary/aromatic N) is 3. The highest BCUT2D eigenvalue weighted by molar-refractivity contribution is 6.02. The number of fused-ring (bicyclic) bond motifs is 1. The Morgan fingerprint density at radius 2 is 1.55 bits per heavy atom. The molecule has 0 atom stereocenters. The van der Waals surface area contributed by atoms with Crippen LogP contribution in [0.5, 0.6) is 0 Å². The summed E-state index contributed by atoms with van der Waals surface area (Å²) in [6, 6.07) is 5.46. The van der Waals surface area contributed by atoms with E-state index < -0.39 is 23.2 Å². The van der Waals surface area contributed by atoms with E-state index in [-0.39, 0.29) is 17.6 Å². The first-order valence-corrected chi connectivity index (χ1v) is 10.5. The van der Waals surface area contributed by atoms with Crippen molar-refractivity contribution in [3.05, 3.63) is 47.4 Å². The zero-order valence-electron chi connectivity index (χ0n) is 19.7. The van der Waals surface area contributed by atoms with Crippen LogP contribution in [0.1, 0.15) is 63.2 Å². The lowest BCUT2D eigenvalue weighted by molar-refractivity contribution is 0.0241. The Labute approximate surface area is 192 Å². The highest BCUT2D eigenvalue weighted by atomic mass is 16.6. The molecule has 2 aromatic rings. The fourth-order valence-corrected chi connectivity index (χ4v) is 3.04. The molecule has 0 fully saturated rings. The lowest BCUT2D eigenvalue weighted by Crippen LogP contribution is -2.33. The van der Waals surface area contributed by atoms with Gasteiger partial charge in [-0.2, -0.15) is 0 Å². The number of ether oxygens (including phenoxy) is 2. The summed E-state index contributed by atoms with van der Waals surface area (Å²) in [4.78, 5) is 46.4. The summed E-state index contributed by atoms with van der Waals surface area (Å²) in [5.74, 6) is -0.283. The third-order valence-electron chi connectivity index (χ3n) is 4.35. The van der Waals surface area contributed by atoms with E-state index in [2.05, 4.69) is 20.6 Å². The Hall–Kier alpha value is -3.69. The van der Waals surface area contributed by atoms with Crippen LogP contribution in [0.4, 0.5) is 21.1 Å². The van der Waals surface area contributed by atoms with Crippen molar-refractivity contribution < 1.29 is 23.9 Å². The SMILES string of the molecule is CC(C)(C)OC(=O)Nc1cnc(C(=O)Nc2ccc3c(c2)CN(C(=O)OC(C)(C)C)C3)cn1. The maximum Gasteiger partial charge on any atom is 0.413 e. The average Bonchev–Trinajstić information content (AvgIpc) is 3.09. The molecule has 10 heteroatoms. The molecular weight excluding hydrogens is 426 g/mol. The van der Waals surface area contributed by atoms with E-state index in [4.69, 9.17) is 9.47 Å². The summed E-state index contributed by atoms with van der Waals surface area (Å²) >= 11 is 0. The van der Waals surface area contributed by atoms with Crippen LogP contribution in [0.25, 0.3) is 0 Å². The molecule has 0 saturated carbocycles. The Morgan fingerprint density at radius 3 is 2.15 bits per heavy atom. The minimum atomic E-state index is -0.660. The summed E-state index contributed by atoms with van der Waals surface area (Å²) in [7, 11) is 0. The number of aromatic nitrogens is 2. The van der Waals surface area contributed by atoms with Crippen LogP contribution < -0.4 is 10.6 Å². The van der Waals surface area contributed by atoms with E-state index in [9.17, 15) is 14.4 Å². The predicted molar refractivity (Wildman–Crippen MR) is 122 cm³/mol. The van der Waals surface area contributed by atoms with E-state index in [1.165, 1.54) is 12.4 Å². The van der Waals surface area contributed by atoms with Crippen molar-refractivity contribution in [2.24, 2.45) is 0 Å². The molecule has 176 valence electrons. The van der Waals surface area contributed by atoms with Gasteiger partial charge in [-0.15, -0.1) is 0 Å². The molecule has 3 rings (SSSR count). The zero-order valence-corrected chi connectivity index (χ0v) is 19.7. The van der Waals surface area contributed by atoms with Crippen LogP contribution in [-0.2, 0) is 22.6 Å².